The summed E-state index contributed by atoms with van der Waals surface area (Å²) in [7, 11) is 3.62. The number of carbonyl (C=O) groups is 1. The first-order valence-corrected chi connectivity index (χ1v) is 9.21. The zero-order valence-corrected chi connectivity index (χ0v) is 15.3. The SMILES string of the molecule is CN(C)C(=O)C1CCCN(c2nccc(Nc3cc(C4CC4)[nH]n3)n2)C1. The zero-order valence-electron chi connectivity index (χ0n) is 15.3. The van der Waals surface area contributed by atoms with Crippen molar-refractivity contribution in [2.45, 2.75) is 31.6 Å². The molecule has 2 aliphatic rings. The molecule has 2 fully saturated rings. The lowest BCUT2D eigenvalue weighted by Crippen LogP contribution is -2.43. The quantitative estimate of drug-likeness (QED) is 0.854. The van der Waals surface area contributed by atoms with Gasteiger partial charge in [0.25, 0.3) is 0 Å². The Kier molecular flexibility index (Phi) is 4.48. The van der Waals surface area contributed by atoms with E-state index in [1.165, 1.54) is 18.5 Å². The van der Waals surface area contributed by atoms with Crippen LogP contribution in [0, 0.1) is 5.92 Å². The van der Waals surface area contributed by atoms with Crippen LogP contribution in [0.1, 0.15) is 37.3 Å². The van der Waals surface area contributed by atoms with Crippen LogP contribution in [0.3, 0.4) is 0 Å². The molecule has 0 bridgehead atoms. The lowest BCUT2D eigenvalue weighted by atomic mass is 9.97. The molecule has 1 amide bonds. The Labute approximate surface area is 153 Å². The molecule has 1 unspecified atom stereocenters. The Hall–Kier alpha value is -2.64. The summed E-state index contributed by atoms with van der Waals surface area (Å²) >= 11 is 0. The second-order valence-corrected chi connectivity index (χ2v) is 7.37. The number of carbonyl (C=O) groups excluding carboxylic acids is 1. The molecule has 0 radical (unpaired) electrons. The first-order valence-electron chi connectivity index (χ1n) is 9.21. The van der Waals surface area contributed by atoms with Crippen LogP contribution in [0.15, 0.2) is 18.3 Å². The van der Waals surface area contributed by atoms with Crippen molar-refractivity contribution in [2.75, 3.05) is 37.4 Å². The Balaban J connectivity index is 1.45. The van der Waals surface area contributed by atoms with Crippen molar-refractivity contribution in [1.82, 2.24) is 25.1 Å². The highest BCUT2D eigenvalue weighted by Crippen LogP contribution is 2.39. The third-order valence-corrected chi connectivity index (χ3v) is 5.01. The van der Waals surface area contributed by atoms with E-state index in [1.54, 1.807) is 11.1 Å². The van der Waals surface area contributed by atoms with Crippen molar-refractivity contribution >= 4 is 23.5 Å². The number of aromatic amines is 1. The fourth-order valence-electron chi connectivity index (χ4n) is 3.43. The molecule has 1 saturated carbocycles. The molecule has 1 atom stereocenters. The van der Waals surface area contributed by atoms with E-state index in [9.17, 15) is 4.79 Å². The lowest BCUT2D eigenvalue weighted by molar-refractivity contribution is -0.133. The van der Waals surface area contributed by atoms with Crippen LogP contribution >= 0.6 is 0 Å². The predicted octanol–water partition coefficient (Wildman–Crippen LogP) is 2.13. The Morgan fingerprint density at radius 3 is 2.92 bits per heavy atom. The fraction of sp³-hybridized carbons (Fsp3) is 0.556. The van der Waals surface area contributed by atoms with Crippen LogP contribution in [-0.4, -0.2) is 58.2 Å². The van der Waals surface area contributed by atoms with Crippen LogP contribution in [0.5, 0.6) is 0 Å². The number of rotatable bonds is 5. The van der Waals surface area contributed by atoms with Gasteiger partial charge >= 0.3 is 0 Å². The number of hydrogen-bond donors (Lipinski definition) is 2. The van der Waals surface area contributed by atoms with Gasteiger partial charge in [0.1, 0.15) is 5.82 Å². The lowest BCUT2D eigenvalue weighted by Gasteiger charge is -2.33. The standard InChI is InChI=1S/C18H25N7O/c1-24(2)17(26)13-4-3-9-25(11-13)18-19-8-7-15(21-18)20-16-10-14(22-23-16)12-5-6-12/h7-8,10,12-13H,3-6,9,11H2,1-2H3,(H2,19,20,21,22,23). The van der Waals surface area contributed by atoms with Gasteiger partial charge in [0.15, 0.2) is 5.82 Å². The third-order valence-electron chi connectivity index (χ3n) is 5.01. The molecule has 0 spiro atoms. The molecule has 8 nitrogen and oxygen atoms in total. The van der Waals surface area contributed by atoms with Crippen molar-refractivity contribution in [1.29, 1.82) is 0 Å². The fourth-order valence-corrected chi connectivity index (χ4v) is 3.43. The maximum Gasteiger partial charge on any atom is 0.227 e. The number of piperidine rings is 1. The summed E-state index contributed by atoms with van der Waals surface area (Å²) in [6, 6.07) is 3.88. The normalized spacial score (nSPS) is 20.1. The van der Waals surface area contributed by atoms with Crippen LogP contribution in [-0.2, 0) is 4.79 Å². The molecule has 1 aliphatic carbocycles. The summed E-state index contributed by atoms with van der Waals surface area (Å²) in [6.07, 6.45) is 6.11. The molecule has 0 aromatic carbocycles. The molecule has 8 heteroatoms. The van der Waals surface area contributed by atoms with E-state index in [2.05, 4.69) is 30.4 Å². The van der Waals surface area contributed by atoms with E-state index >= 15 is 0 Å². The van der Waals surface area contributed by atoms with Gasteiger partial charge < -0.3 is 15.1 Å². The van der Waals surface area contributed by atoms with Gasteiger partial charge in [-0.05, 0) is 31.7 Å². The van der Waals surface area contributed by atoms with Crippen molar-refractivity contribution in [3.8, 4) is 0 Å². The largest absolute Gasteiger partial charge is 0.349 e. The molecular formula is C18H25N7O. The summed E-state index contributed by atoms with van der Waals surface area (Å²) in [4.78, 5) is 25.1. The highest BCUT2D eigenvalue weighted by atomic mass is 16.2. The van der Waals surface area contributed by atoms with Crippen LogP contribution < -0.4 is 10.2 Å². The van der Waals surface area contributed by atoms with Gasteiger partial charge in [-0.1, -0.05) is 0 Å². The number of nitrogens with zero attached hydrogens (tertiary/aromatic N) is 5. The van der Waals surface area contributed by atoms with E-state index in [0.717, 1.165) is 25.2 Å². The molecule has 26 heavy (non-hydrogen) atoms. The number of H-pyrrole nitrogens is 1. The second-order valence-electron chi connectivity index (χ2n) is 7.37. The third kappa shape index (κ3) is 3.63. The van der Waals surface area contributed by atoms with Gasteiger partial charge in [0.05, 0.1) is 5.92 Å². The summed E-state index contributed by atoms with van der Waals surface area (Å²) in [5.41, 5.74) is 1.18. The van der Waals surface area contributed by atoms with Crippen molar-refractivity contribution in [3.05, 3.63) is 24.0 Å². The van der Waals surface area contributed by atoms with E-state index in [-0.39, 0.29) is 11.8 Å². The van der Waals surface area contributed by atoms with Crippen LogP contribution in [0.4, 0.5) is 17.6 Å². The molecular weight excluding hydrogens is 330 g/mol. The van der Waals surface area contributed by atoms with E-state index in [0.29, 0.717) is 24.2 Å². The van der Waals surface area contributed by atoms with Gasteiger partial charge in [-0.3, -0.25) is 9.89 Å². The van der Waals surface area contributed by atoms with Gasteiger partial charge in [0.2, 0.25) is 11.9 Å². The zero-order chi connectivity index (χ0) is 18.1. The minimum Gasteiger partial charge on any atom is -0.349 e. The van der Waals surface area contributed by atoms with Gasteiger partial charge in [-0.15, -0.1) is 0 Å². The number of nitrogens with one attached hydrogen (secondary N) is 2. The minimum absolute atomic E-state index is 0.00593. The topological polar surface area (TPSA) is 90.0 Å². The first-order chi connectivity index (χ1) is 12.6. The summed E-state index contributed by atoms with van der Waals surface area (Å²) < 4.78 is 0. The number of anilines is 3. The molecule has 2 N–H and O–H groups in total. The molecule has 1 aliphatic heterocycles. The van der Waals surface area contributed by atoms with Gasteiger partial charge in [0, 0.05) is 51.1 Å². The highest BCUT2D eigenvalue weighted by Gasteiger charge is 2.28. The first kappa shape index (κ1) is 16.8. The smallest absolute Gasteiger partial charge is 0.227 e. The average Bonchev–Trinajstić information content (AvgIpc) is 3.41. The van der Waals surface area contributed by atoms with Crippen LogP contribution in [0.25, 0.3) is 0 Å². The molecule has 4 rings (SSSR count). The summed E-state index contributed by atoms with van der Waals surface area (Å²) in [5, 5.41) is 10.6. The molecule has 138 valence electrons. The van der Waals surface area contributed by atoms with E-state index in [1.807, 2.05) is 26.2 Å². The molecule has 1 saturated heterocycles. The highest BCUT2D eigenvalue weighted by molar-refractivity contribution is 5.79. The van der Waals surface area contributed by atoms with Crippen molar-refractivity contribution in [3.63, 3.8) is 0 Å². The Morgan fingerprint density at radius 2 is 2.15 bits per heavy atom. The predicted molar refractivity (Wildman–Crippen MR) is 99.5 cm³/mol. The molecule has 3 heterocycles. The minimum atomic E-state index is 0.00593. The van der Waals surface area contributed by atoms with E-state index < -0.39 is 0 Å². The monoisotopic (exact) mass is 355 g/mol. The maximum atomic E-state index is 12.3. The molecule has 2 aromatic rings. The molecule has 2 aromatic heterocycles. The Morgan fingerprint density at radius 1 is 1.31 bits per heavy atom. The number of hydrogen-bond acceptors (Lipinski definition) is 6. The van der Waals surface area contributed by atoms with Gasteiger partial charge in [-0.25, -0.2) is 4.98 Å². The van der Waals surface area contributed by atoms with Crippen molar-refractivity contribution in [2.24, 2.45) is 5.92 Å². The van der Waals surface area contributed by atoms with Crippen LogP contribution in [0.2, 0.25) is 0 Å². The van der Waals surface area contributed by atoms with Gasteiger partial charge in [-0.2, -0.15) is 10.1 Å². The van der Waals surface area contributed by atoms with E-state index in [4.69, 9.17) is 0 Å². The summed E-state index contributed by atoms with van der Waals surface area (Å²) in [6.45, 7) is 1.53. The number of aromatic nitrogens is 4. The van der Waals surface area contributed by atoms with Crippen molar-refractivity contribution < 1.29 is 4.79 Å². The number of amides is 1. The average molecular weight is 355 g/mol. The maximum absolute atomic E-state index is 12.3. The second kappa shape index (κ2) is 6.93. The summed E-state index contributed by atoms with van der Waals surface area (Å²) in [5.74, 6) is 2.96. The Bertz CT molecular complexity index is 783.